The van der Waals surface area contributed by atoms with Gasteiger partial charge in [0.2, 0.25) is 0 Å². The number of imidazole rings is 1. The molecule has 0 aromatic carbocycles. The summed E-state index contributed by atoms with van der Waals surface area (Å²) in [5.74, 6) is 0. The standard InChI is InChI=1S/C13H20N4O3.CH3I/c1-13(2,3)20-12(19)16-8-6-15(7-9-16)11(18)17-5-4-14-10-17;1-2/h4-5,10H,6-9H2,1-3H3;1H3. The smallest absolute Gasteiger partial charge is 0.410 e. The molecule has 2 heterocycles. The van der Waals surface area contributed by atoms with Crippen molar-refractivity contribution in [2.24, 2.45) is 0 Å². The van der Waals surface area contributed by atoms with Crippen molar-refractivity contribution >= 4 is 34.7 Å². The normalized spacial score (nSPS) is 15.0. The van der Waals surface area contributed by atoms with E-state index in [-0.39, 0.29) is 12.1 Å². The fraction of sp³-hybridized carbons (Fsp3) is 0.643. The minimum absolute atomic E-state index is 0.119. The number of alkyl halides is 1. The number of carbonyl (C=O) groups excluding carboxylic acids is 2. The van der Waals surface area contributed by atoms with Crippen molar-refractivity contribution in [3.63, 3.8) is 0 Å². The lowest BCUT2D eigenvalue weighted by molar-refractivity contribution is 0.0170. The lowest BCUT2D eigenvalue weighted by atomic mass is 10.2. The SMILES string of the molecule is CC(C)(C)OC(=O)N1CCN(C(=O)n2ccnc2)CC1.CI. The number of nitrogens with zero attached hydrogens (tertiary/aromatic N) is 4. The highest BCUT2D eigenvalue weighted by Crippen LogP contribution is 2.12. The number of ether oxygens (including phenoxy) is 1. The van der Waals surface area contributed by atoms with Crippen LogP contribution in [0.1, 0.15) is 20.8 Å². The Morgan fingerprint density at radius 2 is 1.64 bits per heavy atom. The number of carbonyl (C=O) groups is 2. The number of amides is 2. The van der Waals surface area contributed by atoms with Gasteiger partial charge in [-0.2, -0.15) is 0 Å². The van der Waals surface area contributed by atoms with Crippen molar-refractivity contribution in [3.05, 3.63) is 18.7 Å². The van der Waals surface area contributed by atoms with Crippen molar-refractivity contribution in [1.29, 1.82) is 0 Å². The van der Waals surface area contributed by atoms with Gasteiger partial charge in [-0.05, 0) is 25.7 Å². The van der Waals surface area contributed by atoms with E-state index >= 15 is 0 Å². The molecular weight excluding hydrogens is 399 g/mol. The van der Waals surface area contributed by atoms with E-state index in [0.29, 0.717) is 26.2 Å². The second kappa shape index (κ2) is 8.35. The molecule has 0 spiro atoms. The molecule has 0 aliphatic carbocycles. The van der Waals surface area contributed by atoms with E-state index in [4.69, 9.17) is 4.74 Å². The molecule has 8 heteroatoms. The van der Waals surface area contributed by atoms with E-state index in [1.54, 1.807) is 22.2 Å². The van der Waals surface area contributed by atoms with Crippen LogP contribution < -0.4 is 0 Å². The molecule has 2 rings (SSSR count). The van der Waals surface area contributed by atoms with Gasteiger partial charge in [-0.3, -0.25) is 4.57 Å². The maximum atomic E-state index is 12.1. The van der Waals surface area contributed by atoms with E-state index in [1.807, 2.05) is 25.7 Å². The van der Waals surface area contributed by atoms with Crippen LogP contribution in [0.25, 0.3) is 0 Å². The number of rotatable bonds is 0. The molecule has 0 N–H and O–H groups in total. The molecule has 1 aliphatic rings. The molecule has 22 heavy (non-hydrogen) atoms. The quantitative estimate of drug-likeness (QED) is 0.476. The summed E-state index contributed by atoms with van der Waals surface area (Å²) in [6.07, 6.45) is 4.33. The van der Waals surface area contributed by atoms with Gasteiger partial charge in [0.1, 0.15) is 11.9 Å². The molecule has 7 nitrogen and oxygen atoms in total. The summed E-state index contributed by atoms with van der Waals surface area (Å²) in [6.45, 7) is 7.47. The molecule has 0 saturated carbocycles. The zero-order valence-electron chi connectivity index (χ0n) is 13.5. The fourth-order valence-electron chi connectivity index (χ4n) is 1.94. The molecule has 0 unspecified atom stereocenters. The number of halogens is 1. The van der Waals surface area contributed by atoms with Crippen LogP contribution in [-0.2, 0) is 4.74 Å². The third-order valence-corrected chi connectivity index (χ3v) is 2.93. The molecule has 1 fully saturated rings. The predicted octanol–water partition coefficient (Wildman–Crippen LogP) is 2.46. The Morgan fingerprint density at radius 3 is 2.09 bits per heavy atom. The molecule has 1 aliphatic heterocycles. The van der Waals surface area contributed by atoms with Gasteiger partial charge in [-0.15, -0.1) is 0 Å². The summed E-state index contributed by atoms with van der Waals surface area (Å²) in [5, 5.41) is 0. The summed E-state index contributed by atoms with van der Waals surface area (Å²) in [4.78, 5) is 33.1. The van der Waals surface area contributed by atoms with E-state index in [1.165, 1.54) is 10.9 Å². The van der Waals surface area contributed by atoms with E-state index in [0.717, 1.165) is 0 Å². The third kappa shape index (κ3) is 5.47. The summed E-state index contributed by atoms with van der Waals surface area (Å²) < 4.78 is 6.75. The zero-order chi connectivity index (χ0) is 16.8. The van der Waals surface area contributed by atoms with Crippen molar-refractivity contribution < 1.29 is 14.3 Å². The van der Waals surface area contributed by atoms with Crippen molar-refractivity contribution in [1.82, 2.24) is 19.4 Å². The van der Waals surface area contributed by atoms with Gasteiger partial charge in [0.25, 0.3) is 0 Å². The molecule has 0 atom stereocenters. The summed E-state index contributed by atoms with van der Waals surface area (Å²) in [7, 11) is 0. The molecule has 0 radical (unpaired) electrons. The molecule has 1 aromatic rings. The van der Waals surface area contributed by atoms with Crippen LogP contribution in [0.3, 0.4) is 0 Å². The van der Waals surface area contributed by atoms with Gasteiger partial charge < -0.3 is 14.5 Å². The topological polar surface area (TPSA) is 67.7 Å². The van der Waals surface area contributed by atoms with Crippen LogP contribution in [0.4, 0.5) is 9.59 Å². The Kier molecular flexibility index (Phi) is 7.11. The number of hydrogen-bond acceptors (Lipinski definition) is 4. The van der Waals surface area contributed by atoms with Gasteiger partial charge >= 0.3 is 12.1 Å². The highest BCUT2D eigenvalue weighted by molar-refractivity contribution is 14.1. The molecule has 2 amide bonds. The second-order valence-electron chi connectivity index (χ2n) is 5.71. The van der Waals surface area contributed by atoms with Gasteiger partial charge in [-0.1, -0.05) is 22.6 Å². The van der Waals surface area contributed by atoms with E-state index in [2.05, 4.69) is 27.6 Å². The third-order valence-electron chi connectivity index (χ3n) is 2.93. The van der Waals surface area contributed by atoms with Crippen LogP contribution in [0, 0.1) is 0 Å². The average molecular weight is 422 g/mol. The first kappa shape index (κ1) is 18.7. The van der Waals surface area contributed by atoms with Crippen molar-refractivity contribution in [3.8, 4) is 0 Å². The largest absolute Gasteiger partial charge is 0.444 e. The Balaban J connectivity index is 0.00000116. The van der Waals surface area contributed by atoms with Gasteiger partial charge in [0.05, 0.1) is 0 Å². The number of hydrogen-bond donors (Lipinski definition) is 0. The average Bonchev–Trinajstić information content (AvgIpc) is 3.01. The highest BCUT2D eigenvalue weighted by Gasteiger charge is 2.27. The van der Waals surface area contributed by atoms with Gasteiger partial charge in [-0.25, -0.2) is 14.6 Å². The van der Waals surface area contributed by atoms with Crippen LogP contribution >= 0.6 is 22.6 Å². The molecule has 0 bridgehead atoms. The van der Waals surface area contributed by atoms with Gasteiger partial charge in [0.15, 0.2) is 0 Å². The minimum Gasteiger partial charge on any atom is -0.444 e. The lowest BCUT2D eigenvalue weighted by Crippen LogP contribution is -2.52. The summed E-state index contributed by atoms with van der Waals surface area (Å²) >= 11 is 2.15. The highest BCUT2D eigenvalue weighted by atomic mass is 127. The van der Waals surface area contributed by atoms with Crippen molar-refractivity contribution in [2.45, 2.75) is 26.4 Å². The van der Waals surface area contributed by atoms with Crippen LogP contribution in [0.2, 0.25) is 0 Å². The summed E-state index contributed by atoms with van der Waals surface area (Å²) in [5.41, 5.74) is -0.499. The Hall–Kier alpha value is -1.32. The second-order valence-corrected chi connectivity index (χ2v) is 5.71. The Labute approximate surface area is 144 Å². The summed E-state index contributed by atoms with van der Waals surface area (Å²) in [6, 6.07) is -0.119. The first-order valence-corrected chi connectivity index (χ1v) is 9.15. The molecule has 1 saturated heterocycles. The van der Waals surface area contributed by atoms with Gasteiger partial charge in [0, 0.05) is 38.6 Å². The Morgan fingerprint density at radius 1 is 1.09 bits per heavy atom. The van der Waals surface area contributed by atoms with Crippen LogP contribution in [0.15, 0.2) is 18.7 Å². The van der Waals surface area contributed by atoms with E-state index in [9.17, 15) is 9.59 Å². The minimum atomic E-state index is -0.499. The lowest BCUT2D eigenvalue weighted by Gasteiger charge is -2.35. The molecular formula is C14H23IN4O3. The van der Waals surface area contributed by atoms with Crippen LogP contribution in [-0.4, -0.2) is 68.2 Å². The maximum Gasteiger partial charge on any atom is 0.410 e. The van der Waals surface area contributed by atoms with Crippen LogP contribution in [0.5, 0.6) is 0 Å². The molecule has 124 valence electrons. The first-order valence-electron chi connectivity index (χ1n) is 7.00. The monoisotopic (exact) mass is 422 g/mol. The Bertz CT molecular complexity index is 477. The maximum absolute atomic E-state index is 12.1. The number of piperazine rings is 1. The zero-order valence-corrected chi connectivity index (χ0v) is 15.6. The van der Waals surface area contributed by atoms with Crippen molar-refractivity contribution in [2.75, 3.05) is 31.1 Å². The predicted molar refractivity (Wildman–Crippen MR) is 92.3 cm³/mol. The fourth-order valence-corrected chi connectivity index (χ4v) is 1.94. The molecule has 1 aromatic heterocycles. The number of aromatic nitrogens is 2. The van der Waals surface area contributed by atoms with E-state index < -0.39 is 5.60 Å². The first-order chi connectivity index (χ1) is 10.4.